The van der Waals surface area contributed by atoms with E-state index in [1.165, 1.54) is 0 Å². The van der Waals surface area contributed by atoms with Crippen LogP contribution in [0.3, 0.4) is 0 Å². The molecule has 4 rings (SSSR count). The molecule has 3 aromatic rings. The normalized spacial score (nSPS) is 18.5. The molecular formula is C14H13BrN6. The van der Waals surface area contributed by atoms with Gasteiger partial charge in [-0.2, -0.15) is 5.10 Å². The van der Waals surface area contributed by atoms with Gasteiger partial charge in [0.25, 0.3) is 0 Å². The Bertz CT molecular complexity index is 768. The molecule has 1 aliphatic rings. The van der Waals surface area contributed by atoms with Crippen molar-refractivity contribution in [2.45, 2.75) is 12.3 Å². The highest BCUT2D eigenvalue weighted by Gasteiger charge is 2.26. The Morgan fingerprint density at radius 2 is 2.14 bits per heavy atom. The average molecular weight is 345 g/mol. The highest BCUT2D eigenvalue weighted by molar-refractivity contribution is 9.10. The maximum atomic E-state index is 4.55. The number of aromatic nitrogens is 5. The van der Waals surface area contributed by atoms with Gasteiger partial charge in [0.1, 0.15) is 11.0 Å². The van der Waals surface area contributed by atoms with Gasteiger partial charge in [0, 0.05) is 35.4 Å². The minimum Gasteiger partial charge on any atom is -0.340 e. The number of H-pyrrole nitrogens is 1. The van der Waals surface area contributed by atoms with Crippen molar-refractivity contribution in [2.75, 3.05) is 18.0 Å². The summed E-state index contributed by atoms with van der Waals surface area (Å²) < 4.78 is 1.01. The Balaban J connectivity index is 1.56. The van der Waals surface area contributed by atoms with Crippen molar-refractivity contribution < 1.29 is 0 Å². The lowest BCUT2D eigenvalue weighted by Crippen LogP contribution is -2.21. The quantitative estimate of drug-likeness (QED) is 0.773. The van der Waals surface area contributed by atoms with E-state index in [0.29, 0.717) is 5.92 Å². The number of nitrogens with one attached hydrogen (secondary N) is 1. The molecule has 1 unspecified atom stereocenters. The van der Waals surface area contributed by atoms with Crippen LogP contribution in [0.5, 0.6) is 0 Å². The number of rotatable bonds is 2. The Kier molecular flexibility index (Phi) is 3.07. The largest absolute Gasteiger partial charge is 0.340 e. The molecule has 1 aliphatic heterocycles. The van der Waals surface area contributed by atoms with E-state index in [1.54, 1.807) is 12.4 Å². The summed E-state index contributed by atoms with van der Waals surface area (Å²) in [7, 11) is 0. The number of hydrogen-bond acceptors (Lipinski definition) is 5. The number of halogens is 1. The van der Waals surface area contributed by atoms with Gasteiger partial charge in [-0.25, -0.2) is 9.97 Å². The fourth-order valence-corrected chi connectivity index (χ4v) is 2.93. The number of aromatic amines is 1. The fourth-order valence-electron chi connectivity index (χ4n) is 2.70. The molecule has 0 aromatic carbocycles. The van der Waals surface area contributed by atoms with Crippen molar-refractivity contribution in [1.29, 1.82) is 0 Å². The molecule has 0 radical (unpaired) electrons. The monoisotopic (exact) mass is 344 g/mol. The number of nitrogens with zero attached hydrogens (tertiary/aromatic N) is 5. The van der Waals surface area contributed by atoms with Gasteiger partial charge in [0.2, 0.25) is 5.95 Å². The Morgan fingerprint density at radius 1 is 1.19 bits per heavy atom. The Labute approximate surface area is 129 Å². The van der Waals surface area contributed by atoms with Crippen molar-refractivity contribution >= 4 is 32.9 Å². The van der Waals surface area contributed by atoms with Gasteiger partial charge in [0.05, 0.1) is 12.4 Å². The molecule has 0 spiro atoms. The summed E-state index contributed by atoms with van der Waals surface area (Å²) in [5.41, 5.74) is 2.85. The first-order valence-electron chi connectivity index (χ1n) is 6.82. The highest BCUT2D eigenvalue weighted by Crippen LogP contribution is 2.28. The van der Waals surface area contributed by atoms with Crippen LogP contribution in [0.25, 0.3) is 11.0 Å². The van der Waals surface area contributed by atoms with Crippen LogP contribution in [0.2, 0.25) is 0 Å². The lowest BCUT2D eigenvalue weighted by molar-refractivity contribution is 0.742. The molecule has 21 heavy (non-hydrogen) atoms. The molecule has 1 N–H and O–H groups in total. The van der Waals surface area contributed by atoms with Crippen LogP contribution in [-0.4, -0.2) is 38.2 Å². The summed E-state index contributed by atoms with van der Waals surface area (Å²) in [5.74, 6) is 1.20. The Morgan fingerprint density at radius 3 is 3.00 bits per heavy atom. The standard InChI is InChI=1S/C14H13BrN6/c15-10-1-2-11(16-5-10)9-3-4-21(8-9)14-17-6-13-12(19-14)7-18-20-13/h1-2,5-7,9H,3-4,8H2,(H,18,20). The first-order valence-corrected chi connectivity index (χ1v) is 7.61. The molecule has 1 atom stereocenters. The third-order valence-corrected chi connectivity index (χ3v) is 4.29. The lowest BCUT2D eigenvalue weighted by atomic mass is 10.0. The number of fused-ring (bicyclic) bond motifs is 1. The van der Waals surface area contributed by atoms with Crippen molar-refractivity contribution in [3.63, 3.8) is 0 Å². The van der Waals surface area contributed by atoms with Crippen molar-refractivity contribution in [2.24, 2.45) is 0 Å². The first kappa shape index (κ1) is 12.7. The van der Waals surface area contributed by atoms with E-state index in [1.807, 2.05) is 12.3 Å². The van der Waals surface area contributed by atoms with Gasteiger partial charge in [-0.15, -0.1) is 0 Å². The van der Waals surface area contributed by atoms with Crippen LogP contribution in [0.15, 0.2) is 35.2 Å². The second kappa shape index (κ2) is 5.07. The summed E-state index contributed by atoms with van der Waals surface area (Å²) in [6.07, 6.45) is 6.44. The molecule has 0 amide bonds. The maximum absolute atomic E-state index is 4.55. The van der Waals surface area contributed by atoms with Gasteiger partial charge in [-0.1, -0.05) is 0 Å². The molecular weight excluding hydrogens is 332 g/mol. The average Bonchev–Trinajstić information content (AvgIpc) is 3.16. The second-order valence-electron chi connectivity index (χ2n) is 5.17. The number of anilines is 1. The smallest absolute Gasteiger partial charge is 0.226 e. The Hall–Kier alpha value is -2.02. The van der Waals surface area contributed by atoms with Crippen LogP contribution < -0.4 is 4.90 Å². The minimum atomic E-state index is 0.432. The van der Waals surface area contributed by atoms with Gasteiger partial charge in [-0.3, -0.25) is 10.1 Å². The molecule has 4 heterocycles. The number of pyridine rings is 1. The number of hydrogen-bond donors (Lipinski definition) is 1. The molecule has 6 nitrogen and oxygen atoms in total. The van der Waals surface area contributed by atoms with Gasteiger partial charge in [-0.05, 0) is 34.5 Å². The van der Waals surface area contributed by atoms with Crippen molar-refractivity contribution in [3.8, 4) is 0 Å². The molecule has 0 saturated carbocycles. The van der Waals surface area contributed by atoms with Crippen molar-refractivity contribution in [1.82, 2.24) is 25.1 Å². The second-order valence-corrected chi connectivity index (χ2v) is 6.09. The highest BCUT2D eigenvalue weighted by atomic mass is 79.9. The summed E-state index contributed by atoms with van der Waals surface area (Å²) in [6.45, 7) is 1.85. The summed E-state index contributed by atoms with van der Waals surface area (Å²) in [5, 5.41) is 6.85. The molecule has 0 bridgehead atoms. The zero-order chi connectivity index (χ0) is 14.2. The van der Waals surface area contributed by atoms with E-state index >= 15 is 0 Å². The van der Waals surface area contributed by atoms with E-state index in [0.717, 1.165) is 46.7 Å². The van der Waals surface area contributed by atoms with E-state index < -0.39 is 0 Å². The molecule has 7 heteroatoms. The van der Waals surface area contributed by atoms with Gasteiger partial charge >= 0.3 is 0 Å². The van der Waals surface area contributed by atoms with Gasteiger partial charge < -0.3 is 4.90 Å². The van der Waals surface area contributed by atoms with Crippen molar-refractivity contribution in [3.05, 3.63) is 40.9 Å². The van der Waals surface area contributed by atoms with E-state index in [2.05, 4.69) is 52.0 Å². The predicted octanol–water partition coefficient (Wildman–Crippen LogP) is 2.50. The summed E-state index contributed by atoms with van der Waals surface area (Å²) >= 11 is 3.42. The van der Waals surface area contributed by atoms with Crippen LogP contribution in [0.4, 0.5) is 5.95 Å². The van der Waals surface area contributed by atoms with Crippen LogP contribution in [0.1, 0.15) is 18.0 Å². The first-order chi connectivity index (χ1) is 10.3. The molecule has 3 aromatic heterocycles. The summed E-state index contributed by atoms with van der Waals surface area (Å²) in [4.78, 5) is 15.7. The topological polar surface area (TPSA) is 70.6 Å². The van der Waals surface area contributed by atoms with E-state index in [-0.39, 0.29) is 0 Å². The van der Waals surface area contributed by atoms with E-state index in [9.17, 15) is 0 Å². The molecule has 1 saturated heterocycles. The van der Waals surface area contributed by atoms with Crippen LogP contribution in [0, 0.1) is 0 Å². The van der Waals surface area contributed by atoms with Crippen LogP contribution >= 0.6 is 15.9 Å². The van der Waals surface area contributed by atoms with Gasteiger partial charge in [0.15, 0.2) is 0 Å². The SMILES string of the molecule is Brc1ccc(C2CCN(c3ncc4[nH]ncc4n3)C2)nc1. The molecule has 0 aliphatic carbocycles. The fraction of sp³-hybridized carbons (Fsp3) is 0.286. The van der Waals surface area contributed by atoms with Crippen LogP contribution in [-0.2, 0) is 0 Å². The zero-order valence-electron chi connectivity index (χ0n) is 11.2. The third kappa shape index (κ3) is 2.37. The van der Waals surface area contributed by atoms with E-state index in [4.69, 9.17) is 0 Å². The minimum absolute atomic E-state index is 0.432. The molecule has 1 fully saturated rings. The lowest BCUT2D eigenvalue weighted by Gasteiger charge is -2.15. The predicted molar refractivity (Wildman–Crippen MR) is 83.2 cm³/mol. The maximum Gasteiger partial charge on any atom is 0.226 e. The molecule has 106 valence electrons. The third-order valence-electron chi connectivity index (χ3n) is 3.82. The zero-order valence-corrected chi connectivity index (χ0v) is 12.8. The summed E-state index contributed by atoms with van der Waals surface area (Å²) in [6, 6.07) is 4.12.